The zero-order valence-electron chi connectivity index (χ0n) is 9.79. The second-order valence-corrected chi connectivity index (χ2v) is 3.62. The highest BCUT2D eigenvalue weighted by molar-refractivity contribution is 5.67. The van der Waals surface area contributed by atoms with Gasteiger partial charge in [0.25, 0.3) is 5.69 Å². The molecule has 0 bridgehead atoms. The third-order valence-corrected chi connectivity index (χ3v) is 2.29. The van der Waals surface area contributed by atoms with E-state index in [0.717, 1.165) is 6.42 Å². The summed E-state index contributed by atoms with van der Waals surface area (Å²) in [6.45, 7) is 2.71. The van der Waals surface area contributed by atoms with E-state index >= 15 is 0 Å². The highest BCUT2D eigenvalue weighted by Crippen LogP contribution is 2.27. The molecule has 7 heteroatoms. The maximum Gasteiger partial charge on any atom is 0.321 e. The van der Waals surface area contributed by atoms with Gasteiger partial charge >= 0.3 is 6.01 Å². The van der Waals surface area contributed by atoms with Crippen LogP contribution in [0, 0.1) is 10.1 Å². The molecule has 0 saturated heterocycles. The summed E-state index contributed by atoms with van der Waals surface area (Å²) in [4.78, 5) is 14.5. The summed E-state index contributed by atoms with van der Waals surface area (Å²) in [5, 5.41) is 17.5. The van der Waals surface area contributed by atoms with Crippen molar-refractivity contribution in [1.29, 1.82) is 0 Å². The van der Waals surface area contributed by atoms with Crippen molar-refractivity contribution in [2.75, 3.05) is 11.9 Å². The van der Waals surface area contributed by atoms with E-state index in [4.69, 9.17) is 4.52 Å². The molecule has 7 nitrogen and oxygen atoms in total. The van der Waals surface area contributed by atoms with Crippen LogP contribution < -0.4 is 5.32 Å². The monoisotopic (exact) mass is 248 g/mol. The Hall–Kier alpha value is -2.44. The number of nitro benzene ring substituents is 1. The Morgan fingerprint density at radius 2 is 2.22 bits per heavy atom. The summed E-state index contributed by atoms with van der Waals surface area (Å²) in [5.41, 5.74) is 0.302. The Morgan fingerprint density at radius 1 is 1.44 bits per heavy atom. The zero-order valence-corrected chi connectivity index (χ0v) is 9.79. The van der Waals surface area contributed by atoms with Crippen LogP contribution in [0.2, 0.25) is 0 Å². The fourth-order valence-electron chi connectivity index (χ4n) is 1.46. The SMILES string of the molecule is CCCNc1nc(-c2ccccc2[N+](=O)[O-])no1. The number of nitrogens with one attached hydrogen (secondary N) is 1. The molecule has 1 aromatic carbocycles. The molecule has 1 N–H and O–H groups in total. The second-order valence-electron chi connectivity index (χ2n) is 3.62. The molecular weight excluding hydrogens is 236 g/mol. The van der Waals surface area contributed by atoms with Gasteiger partial charge in [0.1, 0.15) is 5.56 Å². The van der Waals surface area contributed by atoms with Crippen LogP contribution in [0.3, 0.4) is 0 Å². The molecule has 94 valence electrons. The molecule has 1 heterocycles. The van der Waals surface area contributed by atoms with Crippen LogP contribution >= 0.6 is 0 Å². The normalized spacial score (nSPS) is 10.3. The lowest BCUT2D eigenvalue weighted by Gasteiger charge is -1.96. The molecule has 0 saturated carbocycles. The van der Waals surface area contributed by atoms with E-state index in [9.17, 15) is 10.1 Å². The van der Waals surface area contributed by atoms with Gasteiger partial charge in [0, 0.05) is 12.6 Å². The third kappa shape index (κ3) is 2.45. The first kappa shape index (κ1) is 12.0. The van der Waals surface area contributed by atoms with Gasteiger partial charge in [-0.25, -0.2) is 0 Å². The van der Waals surface area contributed by atoms with Gasteiger partial charge < -0.3 is 9.84 Å². The maximum atomic E-state index is 10.9. The van der Waals surface area contributed by atoms with Crippen molar-refractivity contribution in [3.63, 3.8) is 0 Å². The van der Waals surface area contributed by atoms with E-state index in [1.54, 1.807) is 18.2 Å². The first-order valence-electron chi connectivity index (χ1n) is 5.53. The Kier molecular flexibility index (Phi) is 3.52. The van der Waals surface area contributed by atoms with Gasteiger partial charge in [-0.05, 0) is 12.5 Å². The van der Waals surface area contributed by atoms with E-state index in [-0.39, 0.29) is 17.5 Å². The van der Waals surface area contributed by atoms with Gasteiger partial charge in [-0.15, -0.1) is 0 Å². The van der Waals surface area contributed by atoms with Crippen LogP contribution in [0.15, 0.2) is 28.8 Å². The minimum atomic E-state index is -0.467. The second kappa shape index (κ2) is 5.26. The number of rotatable bonds is 5. The number of nitrogens with zero attached hydrogens (tertiary/aromatic N) is 3. The average molecular weight is 248 g/mol. The Morgan fingerprint density at radius 3 is 2.94 bits per heavy atom. The minimum Gasteiger partial charge on any atom is -0.338 e. The highest BCUT2D eigenvalue weighted by atomic mass is 16.6. The standard InChI is InChI=1S/C11H12N4O3/c1-2-7-12-11-13-10(14-18-11)8-5-3-4-6-9(8)15(16)17/h3-6H,2,7H2,1H3,(H,12,13,14). The summed E-state index contributed by atoms with van der Waals surface area (Å²) in [5.74, 6) is 0.209. The van der Waals surface area contributed by atoms with Gasteiger partial charge in [0.15, 0.2) is 0 Å². The number of aromatic nitrogens is 2. The molecule has 0 radical (unpaired) electrons. The van der Waals surface area contributed by atoms with Gasteiger partial charge in [0.2, 0.25) is 5.82 Å². The van der Waals surface area contributed by atoms with E-state index in [1.165, 1.54) is 6.07 Å². The summed E-state index contributed by atoms with van der Waals surface area (Å²) in [6.07, 6.45) is 0.920. The van der Waals surface area contributed by atoms with Gasteiger partial charge in [0.05, 0.1) is 4.92 Å². The van der Waals surface area contributed by atoms with Crippen molar-refractivity contribution in [2.45, 2.75) is 13.3 Å². The number of nitro groups is 1. The van der Waals surface area contributed by atoms with Gasteiger partial charge in [-0.1, -0.05) is 24.2 Å². The van der Waals surface area contributed by atoms with Crippen molar-refractivity contribution in [3.8, 4) is 11.4 Å². The molecule has 1 aromatic heterocycles. The number of anilines is 1. The molecule has 0 atom stereocenters. The Bertz CT molecular complexity index is 553. The van der Waals surface area contributed by atoms with Crippen molar-refractivity contribution in [2.24, 2.45) is 0 Å². The molecule has 0 fully saturated rings. The molecule has 0 aliphatic rings. The molecule has 18 heavy (non-hydrogen) atoms. The predicted molar refractivity (Wildman–Crippen MR) is 65.2 cm³/mol. The Labute approximate surface area is 103 Å². The smallest absolute Gasteiger partial charge is 0.321 e. The Balaban J connectivity index is 2.31. The summed E-state index contributed by atoms with van der Waals surface area (Å²) < 4.78 is 4.96. The largest absolute Gasteiger partial charge is 0.338 e. The lowest BCUT2D eigenvalue weighted by atomic mass is 10.2. The lowest BCUT2D eigenvalue weighted by molar-refractivity contribution is -0.384. The third-order valence-electron chi connectivity index (χ3n) is 2.29. The van der Waals surface area contributed by atoms with Crippen LogP contribution in [0.4, 0.5) is 11.7 Å². The molecule has 2 aromatic rings. The first-order valence-corrected chi connectivity index (χ1v) is 5.53. The lowest BCUT2D eigenvalue weighted by Crippen LogP contribution is -1.99. The number of para-hydroxylation sites is 1. The van der Waals surface area contributed by atoms with Crippen LogP contribution in [0.25, 0.3) is 11.4 Å². The molecule has 0 spiro atoms. The van der Waals surface area contributed by atoms with E-state index in [0.29, 0.717) is 12.1 Å². The maximum absolute atomic E-state index is 10.9. The predicted octanol–water partition coefficient (Wildman–Crippen LogP) is 2.47. The highest BCUT2D eigenvalue weighted by Gasteiger charge is 2.18. The van der Waals surface area contributed by atoms with E-state index in [1.807, 2.05) is 6.92 Å². The topological polar surface area (TPSA) is 94.1 Å². The zero-order chi connectivity index (χ0) is 13.0. The van der Waals surface area contributed by atoms with E-state index in [2.05, 4.69) is 15.5 Å². The molecule has 0 unspecified atom stereocenters. The van der Waals surface area contributed by atoms with Crippen molar-refractivity contribution >= 4 is 11.7 Å². The number of benzene rings is 1. The average Bonchev–Trinajstić information content (AvgIpc) is 2.85. The molecule has 2 rings (SSSR count). The fourth-order valence-corrected chi connectivity index (χ4v) is 1.46. The first-order chi connectivity index (χ1) is 8.72. The van der Waals surface area contributed by atoms with Gasteiger partial charge in [-0.3, -0.25) is 10.1 Å². The molecule has 0 aliphatic carbocycles. The van der Waals surface area contributed by atoms with Crippen molar-refractivity contribution < 1.29 is 9.45 Å². The molecule has 0 amide bonds. The van der Waals surface area contributed by atoms with E-state index < -0.39 is 4.92 Å². The quantitative estimate of drug-likeness (QED) is 0.645. The summed E-state index contributed by atoms with van der Waals surface area (Å²) in [6, 6.07) is 6.55. The summed E-state index contributed by atoms with van der Waals surface area (Å²) >= 11 is 0. The molecule has 0 aliphatic heterocycles. The molecular formula is C11H12N4O3. The fraction of sp³-hybridized carbons (Fsp3) is 0.273. The van der Waals surface area contributed by atoms with Crippen LogP contribution in [0.5, 0.6) is 0 Å². The minimum absolute atomic E-state index is 0.0414. The number of hydrogen-bond donors (Lipinski definition) is 1. The van der Waals surface area contributed by atoms with Gasteiger partial charge in [-0.2, -0.15) is 4.98 Å². The summed E-state index contributed by atoms with van der Waals surface area (Å²) in [7, 11) is 0. The number of hydrogen-bond acceptors (Lipinski definition) is 6. The van der Waals surface area contributed by atoms with Crippen LogP contribution in [0.1, 0.15) is 13.3 Å². The van der Waals surface area contributed by atoms with Crippen LogP contribution in [-0.2, 0) is 0 Å². The van der Waals surface area contributed by atoms with Crippen LogP contribution in [-0.4, -0.2) is 21.6 Å². The van der Waals surface area contributed by atoms with Crippen molar-refractivity contribution in [3.05, 3.63) is 34.4 Å². The van der Waals surface area contributed by atoms with Crippen molar-refractivity contribution in [1.82, 2.24) is 10.1 Å².